The van der Waals surface area contributed by atoms with E-state index >= 15 is 0 Å². The van der Waals surface area contributed by atoms with Crippen LogP contribution in [0.25, 0.3) is 33.1 Å². The second-order valence-corrected chi connectivity index (χ2v) is 5.71. The van der Waals surface area contributed by atoms with Crippen molar-refractivity contribution in [1.82, 2.24) is 0 Å². The highest BCUT2D eigenvalue weighted by atomic mass is 19.4. The molecule has 0 radical (unpaired) electrons. The minimum Gasteiger partial charge on any atom is -0.455 e. The van der Waals surface area contributed by atoms with E-state index in [0.717, 1.165) is 22.9 Å². The Hall–Kier alpha value is -3.08. The Morgan fingerprint density at radius 1 is 0.800 bits per heavy atom. The molecule has 4 rings (SSSR count). The monoisotopic (exact) mass is 340 g/mol. The van der Waals surface area contributed by atoms with Gasteiger partial charge in [0.05, 0.1) is 10.9 Å². The molecule has 0 fully saturated rings. The molecule has 2 nitrogen and oxygen atoms in total. The van der Waals surface area contributed by atoms with Crippen LogP contribution in [0.1, 0.15) is 5.56 Å². The number of halogens is 3. The van der Waals surface area contributed by atoms with Gasteiger partial charge in [0.2, 0.25) is 0 Å². The zero-order valence-corrected chi connectivity index (χ0v) is 12.8. The van der Waals surface area contributed by atoms with E-state index in [1.807, 2.05) is 30.3 Å². The quantitative estimate of drug-likeness (QED) is 0.420. The molecule has 0 aliphatic carbocycles. The van der Waals surface area contributed by atoms with Crippen LogP contribution < -0.4 is 5.43 Å². The maximum Gasteiger partial charge on any atom is 0.416 e. The lowest BCUT2D eigenvalue weighted by atomic mass is 10.1. The van der Waals surface area contributed by atoms with Gasteiger partial charge in [0.1, 0.15) is 11.3 Å². The number of fused-ring (bicyclic) bond motifs is 3. The van der Waals surface area contributed by atoms with Crippen molar-refractivity contribution in [3.05, 3.63) is 82.5 Å². The van der Waals surface area contributed by atoms with Crippen LogP contribution in [0.15, 0.2) is 75.9 Å². The largest absolute Gasteiger partial charge is 0.455 e. The van der Waals surface area contributed by atoms with E-state index in [2.05, 4.69) is 0 Å². The summed E-state index contributed by atoms with van der Waals surface area (Å²) < 4.78 is 44.0. The van der Waals surface area contributed by atoms with Crippen molar-refractivity contribution in [2.75, 3.05) is 0 Å². The minimum absolute atomic E-state index is 0.234. The van der Waals surface area contributed by atoms with Crippen molar-refractivity contribution in [1.29, 1.82) is 0 Å². The molecule has 0 spiro atoms. The van der Waals surface area contributed by atoms with Crippen molar-refractivity contribution in [3.63, 3.8) is 0 Å². The molecule has 0 saturated carbocycles. The van der Waals surface area contributed by atoms with Gasteiger partial charge in [-0.2, -0.15) is 13.2 Å². The molecule has 0 bridgehead atoms. The Labute approximate surface area is 140 Å². The first kappa shape index (κ1) is 15.4. The van der Waals surface area contributed by atoms with Gasteiger partial charge in [-0.15, -0.1) is 0 Å². The summed E-state index contributed by atoms with van der Waals surface area (Å²) in [6, 6.07) is 16.9. The number of rotatable bonds is 1. The molecule has 0 aliphatic rings. The standard InChI is InChI=1S/C20H11F3O2/c21-20(22,23)14-8-5-13(6-9-14)18-11-17(24)16-10-7-12-3-1-2-4-15(12)19(16)25-18/h1-11H. The fourth-order valence-corrected chi connectivity index (χ4v) is 2.85. The van der Waals surface area contributed by atoms with Crippen molar-refractivity contribution in [3.8, 4) is 11.3 Å². The van der Waals surface area contributed by atoms with Crippen LogP contribution in [-0.4, -0.2) is 0 Å². The van der Waals surface area contributed by atoms with E-state index in [9.17, 15) is 18.0 Å². The first-order valence-corrected chi connectivity index (χ1v) is 7.57. The first-order valence-electron chi connectivity index (χ1n) is 7.57. The normalized spacial score (nSPS) is 12.0. The smallest absolute Gasteiger partial charge is 0.416 e. The number of benzene rings is 3. The van der Waals surface area contributed by atoms with E-state index in [1.165, 1.54) is 18.2 Å². The molecule has 0 N–H and O–H groups in total. The third-order valence-electron chi connectivity index (χ3n) is 4.12. The molecule has 0 saturated heterocycles. The lowest BCUT2D eigenvalue weighted by Crippen LogP contribution is -2.04. The van der Waals surface area contributed by atoms with Gasteiger partial charge in [-0.25, -0.2) is 0 Å². The molecule has 4 aromatic rings. The van der Waals surface area contributed by atoms with Gasteiger partial charge in [-0.1, -0.05) is 42.5 Å². The van der Waals surface area contributed by atoms with Gasteiger partial charge in [-0.05, 0) is 23.6 Å². The molecule has 0 aliphatic heterocycles. The van der Waals surface area contributed by atoms with E-state index < -0.39 is 11.7 Å². The fraction of sp³-hybridized carbons (Fsp3) is 0.0500. The van der Waals surface area contributed by atoms with Crippen LogP contribution in [0.3, 0.4) is 0 Å². The Morgan fingerprint density at radius 2 is 1.52 bits per heavy atom. The van der Waals surface area contributed by atoms with Gasteiger partial charge >= 0.3 is 6.18 Å². The Kier molecular flexibility index (Phi) is 3.39. The summed E-state index contributed by atoms with van der Waals surface area (Å²) in [5.41, 5.74) is -0.132. The Bertz CT molecular complexity index is 1140. The third kappa shape index (κ3) is 2.67. The molecule has 1 aromatic heterocycles. The summed E-state index contributed by atoms with van der Waals surface area (Å²) >= 11 is 0. The van der Waals surface area contributed by atoms with Crippen LogP contribution in [0.2, 0.25) is 0 Å². The number of alkyl halides is 3. The maximum absolute atomic E-state index is 12.7. The number of hydrogen-bond acceptors (Lipinski definition) is 2. The van der Waals surface area contributed by atoms with Crippen LogP contribution in [-0.2, 0) is 6.18 Å². The van der Waals surface area contributed by atoms with E-state index in [4.69, 9.17) is 4.42 Å². The van der Waals surface area contributed by atoms with Crippen LogP contribution in [0.4, 0.5) is 13.2 Å². The van der Waals surface area contributed by atoms with Crippen molar-refractivity contribution >= 4 is 21.7 Å². The topological polar surface area (TPSA) is 30.2 Å². The highest BCUT2D eigenvalue weighted by molar-refractivity contribution is 6.04. The van der Waals surface area contributed by atoms with E-state index in [-0.39, 0.29) is 11.2 Å². The summed E-state index contributed by atoms with van der Waals surface area (Å²) in [5.74, 6) is 0.238. The second-order valence-electron chi connectivity index (χ2n) is 5.71. The van der Waals surface area contributed by atoms with Gasteiger partial charge in [-0.3, -0.25) is 4.79 Å². The lowest BCUT2D eigenvalue weighted by molar-refractivity contribution is -0.137. The summed E-state index contributed by atoms with van der Waals surface area (Å²) in [4.78, 5) is 12.4. The van der Waals surface area contributed by atoms with Gasteiger partial charge < -0.3 is 4.42 Å². The molecule has 3 aromatic carbocycles. The summed E-state index contributed by atoms with van der Waals surface area (Å²) in [7, 11) is 0. The van der Waals surface area contributed by atoms with Gasteiger partial charge in [0.25, 0.3) is 0 Å². The predicted octanol–water partition coefficient (Wildman–Crippen LogP) is 5.63. The van der Waals surface area contributed by atoms with Crippen LogP contribution in [0, 0.1) is 0 Å². The van der Waals surface area contributed by atoms with Gasteiger partial charge in [0, 0.05) is 17.0 Å². The number of hydrogen-bond donors (Lipinski definition) is 0. The zero-order chi connectivity index (χ0) is 17.6. The molecule has 124 valence electrons. The Morgan fingerprint density at radius 3 is 2.24 bits per heavy atom. The fourth-order valence-electron chi connectivity index (χ4n) is 2.85. The minimum atomic E-state index is -4.40. The van der Waals surface area contributed by atoms with Gasteiger partial charge in [0.15, 0.2) is 5.43 Å². The molecule has 0 amide bonds. The second kappa shape index (κ2) is 5.48. The molecule has 0 unspecified atom stereocenters. The molecule has 1 heterocycles. The van der Waals surface area contributed by atoms with Crippen LogP contribution >= 0.6 is 0 Å². The highest BCUT2D eigenvalue weighted by Crippen LogP contribution is 2.32. The molecule has 25 heavy (non-hydrogen) atoms. The molecule has 5 heteroatoms. The molecule has 0 atom stereocenters. The average molecular weight is 340 g/mol. The van der Waals surface area contributed by atoms with Crippen molar-refractivity contribution in [2.45, 2.75) is 6.18 Å². The van der Waals surface area contributed by atoms with Crippen molar-refractivity contribution < 1.29 is 17.6 Å². The molecular weight excluding hydrogens is 329 g/mol. The first-order chi connectivity index (χ1) is 11.9. The predicted molar refractivity (Wildman–Crippen MR) is 90.4 cm³/mol. The van der Waals surface area contributed by atoms with Crippen LogP contribution in [0.5, 0.6) is 0 Å². The summed E-state index contributed by atoms with van der Waals surface area (Å²) in [6.07, 6.45) is -4.40. The summed E-state index contributed by atoms with van der Waals surface area (Å²) in [5, 5.41) is 2.14. The van der Waals surface area contributed by atoms with E-state index in [1.54, 1.807) is 6.07 Å². The molecular formula is C20H11F3O2. The third-order valence-corrected chi connectivity index (χ3v) is 4.12. The average Bonchev–Trinajstić information content (AvgIpc) is 2.61. The highest BCUT2D eigenvalue weighted by Gasteiger charge is 2.30. The van der Waals surface area contributed by atoms with E-state index in [0.29, 0.717) is 16.5 Å². The zero-order valence-electron chi connectivity index (χ0n) is 12.8. The lowest BCUT2D eigenvalue weighted by Gasteiger charge is -2.08. The van der Waals surface area contributed by atoms with Crippen molar-refractivity contribution in [2.24, 2.45) is 0 Å². The SMILES string of the molecule is O=c1cc(-c2ccc(C(F)(F)F)cc2)oc2c1ccc1ccccc12. The maximum atomic E-state index is 12.7. The summed E-state index contributed by atoms with van der Waals surface area (Å²) in [6.45, 7) is 0. The Balaban J connectivity index is 1.94.